The number of aryl methyl sites for hydroxylation is 1. The van der Waals surface area contributed by atoms with E-state index in [1.54, 1.807) is 18.4 Å². The molecule has 0 saturated carbocycles. The number of hydrogen-bond acceptors (Lipinski definition) is 5. The van der Waals surface area contributed by atoms with Crippen molar-refractivity contribution < 1.29 is 4.74 Å². The topological polar surface area (TPSA) is 46.2 Å². The molecule has 2 heterocycles. The van der Waals surface area contributed by atoms with Gasteiger partial charge in [-0.1, -0.05) is 0 Å². The van der Waals surface area contributed by atoms with Crippen molar-refractivity contribution in [1.82, 2.24) is 15.6 Å². The zero-order valence-corrected chi connectivity index (χ0v) is 10.6. The third kappa shape index (κ3) is 3.25. The van der Waals surface area contributed by atoms with Crippen LogP contribution in [0.2, 0.25) is 0 Å². The Hall–Kier alpha value is -0.490. The van der Waals surface area contributed by atoms with Gasteiger partial charge in [-0.2, -0.15) is 0 Å². The second-order valence-corrected chi connectivity index (χ2v) is 5.25. The molecule has 90 valence electrons. The van der Waals surface area contributed by atoms with Crippen molar-refractivity contribution in [2.24, 2.45) is 0 Å². The molecule has 0 spiro atoms. The Kier molecular flexibility index (Phi) is 4.29. The number of nitrogens with zero attached hydrogens (tertiary/aromatic N) is 1. The number of ether oxygens (including phenoxy) is 1. The number of thiazole rings is 1. The van der Waals surface area contributed by atoms with Gasteiger partial charge in [0.2, 0.25) is 0 Å². The molecule has 1 fully saturated rings. The van der Waals surface area contributed by atoms with Crippen molar-refractivity contribution in [2.75, 3.05) is 20.2 Å². The van der Waals surface area contributed by atoms with Crippen molar-refractivity contribution in [2.45, 2.75) is 32.0 Å². The molecule has 0 aromatic carbocycles. The van der Waals surface area contributed by atoms with Gasteiger partial charge in [0.15, 0.2) is 0 Å². The molecule has 0 radical (unpaired) electrons. The summed E-state index contributed by atoms with van der Waals surface area (Å²) in [7, 11) is 1.78. The van der Waals surface area contributed by atoms with Crippen molar-refractivity contribution in [3.05, 3.63) is 16.1 Å². The SMILES string of the molecule is COC1CNC(CNCc2csc(C)n2)C1. The van der Waals surface area contributed by atoms with Crippen LogP contribution in [0.5, 0.6) is 0 Å². The maximum Gasteiger partial charge on any atom is 0.0897 e. The van der Waals surface area contributed by atoms with Crippen molar-refractivity contribution >= 4 is 11.3 Å². The fourth-order valence-corrected chi connectivity index (χ4v) is 2.59. The van der Waals surface area contributed by atoms with E-state index in [2.05, 4.69) is 21.0 Å². The number of hydrogen-bond donors (Lipinski definition) is 2. The minimum atomic E-state index is 0.383. The monoisotopic (exact) mass is 241 g/mol. The molecule has 1 saturated heterocycles. The van der Waals surface area contributed by atoms with E-state index in [1.807, 2.05) is 6.92 Å². The largest absolute Gasteiger partial charge is 0.380 e. The molecular weight excluding hydrogens is 222 g/mol. The van der Waals surface area contributed by atoms with E-state index in [0.717, 1.165) is 36.8 Å². The highest BCUT2D eigenvalue weighted by Crippen LogP contribution is 2.10. The quantitative estimate of drug-likeness (QED) is 0.804. The van der Waals surface area contributed by atoms with Crippen molar-refractivity contribution in [3.8, 4) is 0 Å². The third-order valence-electron chi connectivity index (χ3n) is 2.88. The van der Waals surface area contributed by atoms with Gasteiger partial charge in [0, 0.05) is 38.2 Å². The van der Waals surface area contributed by atoms with E-state index in [1.165, 1.54) is 0 Å². The lowest BCUT2D eigenvalue weighted by Gasteiger charge is -2.10. The molecule has 0 amide bonds. The Bertz CT molecular complexity index is 329. The van der Waals surface area contributed by atoms with E-state index in [0.29, 0.717) is 12.1 Å². The fraction of sp³-hybridized carbons (Fsp3) is 0.727. The van der Waals surface area contributed by atoms with E-state index < -0.39 is 0 Å². The van der Waals surface area contributed by atoms with Crippen molar-refractivity contribution in [3.63, 3.8) is 0 Å². The van der Waals surface area contributed by atoms with Crippen molar-refractivity contribution in [1.29, 1.82) is 0 Å². The predicted octanol–water partition coefficient (Wildman–Crippen LogP) is 0.918. The fourth-order valence-electron chi connectivity index (χ4n) is 1.98. The first-order valence-corrected chi connectivity index (χ1v) is 6.54. The van der Waals surface area contributed by atoms with Gasteiger partial charge in [-0.15, -0.1) is 11.3 Å². The first kappa shape index (κ1) is 12.0. The average Bonchev–Trinajstić information content (AvgIpc) is 2.88. The molecule has 4 nitrogen and oxygen atoms in total. The van der Waals surface area contributed by atoms with Crippen LogP contribution < -0.4 is 10.6 Å². The molecule has 5 heteroatoms. The maximum absolute atomic E-state index is 5.31. The molecule has 1 aromatic heterocycles. The summed E-state index contributed by atoms with van der Waals surface area (Å²) in [6.07, 6.45) is 1.48. The summed E-state index contributed by atoms with van der Waals surface area (Å²) in [6.45, 7) is 4.85. The van der Waals surface area contributed by atoms with Gasteiger partial charge in [0.1, 0.15) is 0 Å². The second kappa shape index (κ2) is 5.72. The standard InChI is InChI=1S/C11H19N3OS/c1-8-14-10(7-16-8)5-12-4-9-3-11(15-2)6-13-9/h7,9,11-13H,3-6H2,1-2H3. The molecular formula is C11H19N3OS. The summed E-state index contributed by atoms with van der Waals surface area (Å²) in [4.78, 5) is 4.42. The molecule has 1 aromatic rings. The third-order valence-corrected chi connectivity index (χ3v) is 3.70. The highest BCUT2D eigenvalue weighted by Gasteiger charge is 2.22. The van der Waals surface area contributed by atoms with Crippen LogP contribution in [0.15, 0.2) is 5.38 Å². The molecule has 2 N–H and O–H groups in total. The van der Waals surface area contributed by atoms with Crippen LogP contribution in [0.4, 0.5) is 0 Å². The number of methoxy groups -OCH3 is 1. The summed E-state index contributed by atoms with van der Waals surface area (Å²) in [5, 5.41) is 10.1. The average molecular weight is 241 g/mol. The predicted molar refractivity (Wildman–Crippen MR) is 65.8 cm³/mol. The van der Waals surface area contributed by atoms with E-state index in [4.69, 9.17) is 4.74 Å². The van der Waals surface area contributed by atoms with Gasteiger partial charge in [0.25, 0.3) is 0 Å². The molecule has 2 atom stereocenters. The van der Waals surface area contributed by atoms with Gasteiger partial charge in [-0.3, -0.25) is 0 Å². The van der Waals surface area contributed by atoms with Gasteiger partial charge < -0.3 is 15.4 Å². The van der Waals surface area contributed by atoms with Crippen LogP contribution in [0, 0.1) is 6.92 Å². The summed E-state index contributed by atoms with van der Waals surface area (Å²) in [6, 6.07) is 0.532. The zero-order chi connectivity index (χ0) is 11.4. The zero-order valence-electron chi connectivity index (χ0n) is 9.82. The minimum Gasteiger partial charge on any atom is -0.380 e. The lowest BCUT2D eigenvalue weighted by Crippen LogP contribution is -2.33. The van der Waals surface area contributed by atoms with Gasteiger partial charge in [-0.25, -0.2) is 4.98 Å². The van der Waals surface area contributed by atoms with E-state index >= 15 is 0 Å². The van der Waals surface area contributed by atoms with Crippen LogP contribution in [0.3, 0.4) is 0 Å². The molecule has 2 rings (SSSR count). The highest BCUT2D eigenvalue weighted by molar-refractivity contribution is 7.09. The summed E-state index contributed by atoms with van der Waals surface area (Å²) >= 11 is 1.70. The van der Waals surface area contributed by atoms with Gasteiger partial charge >= 0.3 is 0 Å². The van der Waals surface area contributed by atoms with E-state index in [9.17, 15) is 0 Å². The Morgan fingerprint density at radius 1 is 1.69 bits per heavy atom. The minimum absolute atomic E-state index is 0.383. The number of nitrogens with one attached hydrogen (secondary N) is 2. The number of rotatable bonds is 5. The van der Waals surface area contributed by atoms with Gasteiger partial charge in [0.05, 0.1) is 16.8 Å². The van der Waals surface area contributed by atoms with Crippen LogP contribution in [-0.4, -0.2) is 37.3 Å². The highest BCUT2D eigenvalue weighted by atomic mass is 32.1. The smallest absolute Gasteiger partial charge is 0.0897 e. The van der Waals surface area contributed by atoms with Crippen LogP contribution in [0.1, 0.15) is 17.1 Å². The maximum atomic E-state index is 5.31. The Balaban J connectivity index is 1.65. The van der Waals surface area contributed by atoms with E-state index in [-0.39, 0.29) is 0 Å². The molecule has 1 aliphatic rings. The molecule has 0 bridgehead atoms. The van der Waals surface area contributed by atoms with Crippen LogP contribution >= 0.6 is 11.3 Å². The first-order chi connectivity index (χ1) is 7.78. The lowest BCUT2D eigenvalue weighted by molar-refractivity contribution is 0.117. The molecule has 16 heavy (non-hydrogen) atoms. The normalized spacial score (nSPS) is 25.1. The lowest BCUT2D eigenvalue weighted by atomic mass is 10.2. The Labute approximate surface area is 100 Å². The molecule has 0 aliphatic carbocycles. The summed E-state index contributed by atoms with van der Waals surface area (Å²) in [5.74, 6) is 0. The van der Waals surface area contributed by atoms with Crippen LogP contribution in [-0.2, 0) is 11.3 Å². The Morgan fingerprint density at radius 3 is 3.19 bits per heavy atom. The van der Waals surface area contributed by atoms with Gasteiger partial charge in [-0.05, 0) is 13.3 Å². The molecule has 1 aliphatic heterocycles. The van der Waals surface area contributed by atoms with Crippen LogP contribution in [0.25, 0.3) is 0 Å². The summed E-state index contributed by atoms with van der Waals surface area (Å²) < 4.78 is 5.31. The Morgan fingerprint density at radius 2 is 2.56 bits per heavy atom. The number of aromatic nitrogens is 1. The molecule has 2 unspecified atom stereocenters. The summed E-state index contributed by atoms with van der Waals surface area (Å²) in [5.41, 5.74) is 1.14. The first-order valence-electron chi connectivity index (χ1n) is 5.66. The second-order valence-electron chi connectivity index (χ2n) is 4.19.